The first kappa shape index (κ1) is 14.8. The molecule has 0 aromatic carbocycles. The van der Waals surface area contributed by atoms with E-state index in [-0.39, 0.29) is 25.7 Å². The average Bonchev–Trinajstić information content (AvgIpc) is 2.13. The molecule has 8 heteroatoms. The van der Waals surface area contributed by atoms with Crippen molar-refractivity contribution in [3.63, 3.8) is 0 Å². The lowest BCUT2D eigenvalue weighted by atomic mass is 9.79. The largest absolute Gasteiger partial charge is 0.479 e. The van der Waals surface area contributed by atoms with Crippen LogP contribution in [0.4, 0.5) is 8.78 Å². The van der Waals surface area contributed by atoms with Crippen molar-refractivity contribution in [2.45, 2.75) is 49.2 Å². The molecule has 104 valence electrons. The Morgan fingerprint density at radius 3 is 1.11 bits per heavy atom. The van der Waals surface area contributed by atoms with Gasteiger partial charge in [0.25, 0.3) is 0 Å². The van der Waals surface area contributed by atoms with Gasteiger partial charge in [0, 0.05) is 25.7 Å². The van der Waals surface area contributed by atoms with Crippen LogP contribution in [0.2, 0.25) is 0 Å². The Labute approximate surface area is 101 Å². The zero-order valence-electron chi connectivity index (χ0n) is 9.34. The van der Waals surface area contributed by atoms with Gasteiger partial charge in [0.15, 0.2) is 0 Å². The Morgan fingerprint density at radius 1 is 0.833 bits per heavy atom. The smallest absolute Gasteiger partial charge is 0.341 e. The van der Waals surface area contributed by atoms with Gasteiger partial charge in [-0.3, -0.25) is 0 Å². The third-order valence-electron chi connectivity index (χ3n) is 3.00. The topological polar surface area (TPSA) is 115 Å². The molecular formula is C10H14F2O6. The first-order valence-electron chi connectivity index (χ1n) is 5.30. The van der Waals surface area contributed by atoms with Crippen molar-refractivity contribution in [1.29, 1.82) is 0 Å². The average molecular weight is 268 g/mol. The molecule has 0 heterocycles. The summed E-state index contributed by atoms with van der Waals surface area (Å²) in [5.41, 5.74) is -4.28. The zero-order chi connectivity index (χ0) is 14.1. The summed E-state index contributed by atoms with van der Waals surface area (Å²) in [4.78, 5) is 19.9. The summed E-state index contributed by atoms with van der Waals surface area (Å²) in [7, 11) is 0. The molecule has 2 rings (SSSR count). The monoisotopic (exact) mass is 268 g/mol. The van der Waals surface area contributed by atoms with Gasteiger partial charge in [-0.05, 0) is 0 Å². The molecule has 0 aromatic heterocycles. The third kappa shape index (κ3) is 2.94. The van der Waals surface area contributed by atoms with Gasteiger partial charge >= 0.3 is 11.9 Å². The Kier molecular flexibility index (Phi) is 3.92. The van der Waals surface area contributed by atoms with Crippen molar-refractivity contribution in [2.75, 3.05) is 0 Å². The lowest BCUT2D eigenvalue weighted by molar-refractivity contribution is -0.166. The van der Waals surface area contributed by atoms with Gasteiger partial charge in [-0.15, -0.1) is 0 Å². The molecule has 0 bridgehead atoms. The van der Waals surface area contributed by atoms with Crippen LogP contribution >= 0.6 is 0 Å². The number of carbonyl (C=O) groups is 2. The molecule has 0 radical (unpaired) electrons. The first-order valence-corrected chi connectivity index (χ1v) is 5.30. The fourth-order valence-corrected chi connectivity index (χ4v) is 1.72. The SMILES string of the molecule is O=C(O)C1(F)CC(O)C1.O=C(O)C1(F)CC(O)C1. The van der Waals surface area contributed by atoms with Crippen molar-refractivity contribution in [1.82, 2.24) is 0 Å². The molecule has 2 fully saturated rings. The van der Waals surface area contributed by atoms with Crippen molar-refractivity contribution in [3.05, 3.63) is 0 Å². The van der Waals surface area contributed by atoms with Crippen LogP contribution in [0.1, 0.15) is 25.7 Å². The van der Waals surface area contributed by atoms with E-state index in [0.29, 0.717) is 0 Å². The predicted molar refractivity (Wildman–Crippen MR) is 53.4 cm³/mol. The van der Waals surface area contributed by atoms with Crippen molar-refractivity contribution < 1.29 is 38.8 Å². The van der Waals surface area contributed by atoms with Gasteiger partial charge < -0.3 is 20.4 Å². The number of aliphatic hydroxyl groups is 2. The van der Waals surface area contributed by atoms with E-state index < -0.39 is 35.5 Å². The van der Waals surface area contributed by atoms with Crippen LogP contribution in [0.15, 0.2) is 0 Å². The molecule has 0 spiro atoms. The lowest BCUT2D eigenvalue weighted by Gasteiger charge is -2.34. The molecule has 0 atom stereocenters. The normalized spacial score (nSPS) is 41.8. The van der Waals surface area contributed by atoms with E-state index in [1.807, 2.05) is 0 Å². The van der Waals surface area contributed by atoms with Gasteiger partial charge in [0.05, 0.1) is 12.2 Å². The molecule has 2 saturated carbocycles. The van der Waals surface area contributed by atoms with Gasteiger partial charge in [0.2, 0.25) is 11.3 Å². The molecule has 18 heavy (non-hydrogen) atoms. The van der Waals surface area contributed by atoms with Gasteiger partial charge in [-0.25, -0.2) is 18.4 Å². The highest BCUT2D eigenvalue weighted by molar-refractivity contribution is 5.79. The van der Waals surface area contributed by atoms with E-state index >= 15 is 0 Å². The maximum absolute atomic E-state index is 12.5. The van der Waals surface area contributed by atoms with Crippen LogP contribution in [0.5, 0.6) is 0 Å². The number of aliphatic hydroxyl groups excluding tert-OH is 2. The summed E-state index contributed by atoms with van der Waals surface area (Å²) in [5, 5.41) is 33.3. The standard InChI is InChI=1S/2C5H7FO3/c2*6-5(4(8)9)1-3(7)2-5/h2*3,7H,1-2H2,(H,8,9). The van der Waals surface area contributed by atoms with E-state index in [2.05, 4.69) is 0 Å². The summed E-state index contributed by atoms with van der Waals surface area (Å²) in [6.07, 6.45) is -2.56. The van der Waals surface area contributed by atoms with Crippen molar-refractivity contribution in [3.8, 4) is 0 Å². The van der Waals surface area contributed by atoms with Crippen LogP contribution in [0, 0.1) is 0 Å². The molecule has 0 amide bonds. The Hall–Kier alpha value is -1.28. The lowest BCUT2D eigenvalue weighted by Crippen LogP contribution is -2.49. The maximum Gasteiger partial charge on any atom is 0.341 e. The van der Waals surface area contributed by atoms with Crippen molar-refractivity contribution >= 4 is 11.9 Å². The minimum Gasteiger partial charge on any atom is -0.479 e. The summed E-state index contributed by atoms with van der Waals surface area (Å²) in [6, 6.07) is 0. The number of carboxylic acid groups (broad SMARTS) is 2. The Balaban J connectivity index is 0.000000180. The molecule has 2 aliphatic carbocycles. The van der Waals surface area contributed by atoms with E-state index in [0.717, 1.165) is 0 Å². The second kappa shape index (κ2) is 4.77. The van der Waals surface area contributed by atoms with Crippen LogP contribution in [-0.2, 0) is 9.59 Å². The second-order valence-corrected chi connectivity index (χ2v) is 4.67. The molecule has 0 aliphatic heterocycles. The number of rotatable bonds is 2. The molecule has 6 nitrogen and oxygen atoms in total. The highest BCUT2D eigenvalue weighted by atomic mass is 19.1. The van der Waals surface area contributed by atoms with Crippen LogP contribution in [0.25, 0.3) is 0 Å². The molecule has 0 saturated heterocycles. The molecule has 0 unspecified atom stereocenters. The number of hydrogen-bond donors (Lipinski definition) is 4. The van der Waals surface area contributed by atoms with E-state index in [1.165, 1.54) is 0 Å². The number of alkyl halides is 2. The second-order valence-electron chi connectivity index (χ2n) is 4.67. The number of halogens is 2. The summed E-state index contributed by atoms with van der Waals surface area (Å²) >= 11 is 0. The highest BCUT2D eigenvalue weighted by Gasteiger charge is 2.51. The summed E-state index contributed by atoms with van der Waals surface area (Å²) in [6.45, 7) is 0. The van der Waals surface area contributed by atoms with E-state index in [1.54, 1.807) is 0 Å². The van der Waals surface area contributed by atoms with Gasteiger partial charge in [-0.1, -0.05) is 0 Å². The Morgan fingerprint density at radius 2 is 1.06 bits per heavy atom. The maximum atomic E-state index is 12.5. The van der Waals surface area contributed by atoms with Crippen LogP contribution < -0.4 is 0 Å². The van der Waals surface area contributed by atoms with Gasteiger partial charge in [-0.2, -0.15) is 0 Å². The molecule has 2 aliphatic rings. The van der Waals surface area contributed by atoms with E-state index in [9.17, 15) is 18.4 Å². The van der Waals surface area contributed by atoms with E-state index in [4.69, 9.17) is 20.4 Å². The summed E-state index contributed by atoms with van der Waals surface area (Å²) in [5.74, 6) is -2.93. The number of aliphatic carboxylic acids is 2. The highest BCUT2D eigenvalue weighted by Crippen LogP contribution is 2.36. The van der Waals surface area contributed by atoms with Crippen LogP contribution in [0.3, 0.4) is 0 Å². The number of carboxylic acids is 2. The minimum absolute atomic E-state index is 0.262. The Bertz CT molecular complexity index is 312. The fourth-order valence-electron chi connectivity index (χ4n) is 1.72. The quantitative estimate of drug-likeness (QED) is 0.554. The minimum atomic E-state index is -2.14. The molecule has 4 N–H and O–H groups in total. The summed E-state index contributed by atoms with van der Waals surface area (Å²) < 4.78 is 25.0. The number of hydrogen-bond acceptors (Lipinski definition) is 4. The predicted octanol–water partition coefficient (Wildman–Crippen LogP) is -0.132. The van der Waals surface area contributed by atoms with Gasteiger partial charge in [0.1, 0.15) is 0 Å². The fraction of sp³-hybridized carbons (Fsp3) is 0.800. The molecular weight excluding hydrogens is 254 g/mol. The van der Waals surface area contributed by atoms with Crippen LogP contribution in [-0.4, -0.2) is 55.9 Å². The van der Waals surface area contributed by atoms with Crippen molar-refractivity contribution in [2.24, 2.45) is 0 Å². The molecule has 0 aromatic rings. The zero-order valence-corrected chi connectivity index (χ0v) is 9.34. The first-order chi connectivity index (χ1) is 8.09. The third-order valence-corrected chi connectivity index (χ3v) is 3.00.